The summed E-state index contributed by atoms with van der Waals surface area (Å²) in [4.78, 5) is 0.0939. The molecule has 0 spiro atoms. The van der Waals surface area contributed by atoms with Gasteiger partial charge in [-0.2, -0.15) is 0 Å². The molecular formula is C13H18FNO3S. The average molecular weight is 287 g/mol. The van der Waals surface area contributed by atoms with Crippen molar-refractivity contribution >= 4 is 10.0 Å². The molecule has 0 bridgehead atoms. The van der Waals surface area contributed by atoms with Crippen LogP contribution in [0.4, 0.5) is 4.39 Å². The summed E-state index contributed by atoms with van der Waals surface area (Å²) in [5, 5.41) is 0. The molecule has 1 N–H and O–H groups in total. The third-order valence-corrected chi connectivity index (χ3v) is 4.97. The predicted molar refractivity (Wildman–Crippen MR) is 69.7 cm³/mol. The van der Waals surface area contributed by atoms with Gasteiger partial charge in [0.1, 0.15) is 5.82 Å². The lowest BCUT2D eigenvalue weighted by Gasteiger charge is -2.15. The molecule has 0 saturated heterocycles. The number of halogens is 1. The van der Waals surface area contributed by atoms with Crippen LogP contribution in [0.5, 0.6) is 0 Å². The van der Waals surface area contributed by atoms with E-state index in [1.54, 1.807) is 7.11 Å². The van der Waals surface area contributed by atoms with Crippen molar-refractivity contribution in [3.63, 3.8) is 0 Å². The lowest BCUT2D eigenvalue weighted by atomic mass is 10.0. The van der Waals surface area contributed by atoms with Gasteiger partial charge < -0.3 is 4.74 Å². The largest absolute Gasteiger partial charge is 0.385 e. The quantitative estimate of drug-likeness (QED) is 0.833. The van der Waals surface area contributed by atoms with Gasteiger partial charge in [-0.25, -0.2) is 17.5 Å². The van der Waals surface area contributed by atoms with Gasteiger partial charge in [0.15, 0.2) is 0 Å². The summed E-state index contributed by atoms with van der Waals surface area (Å²) in [5.41, 5.74) is 0.0448. The van der Waals surface area contributed by atoms with Crippen LogP contribution in [0, 0.1) is 11.2 Å². The Hall–Kier alpha value is -0.980. The fourth-order valence-corrected chi connectivity index (χ4v) is 3.11. The zero-order chi connectivity index (χ0) is 13.9. The van der Waals surface area contributed by atoms with Gasteiger partial charge in [-0.1, -0.05) is 0 Å². The van der Waals surface area contributed by atoms with Crippen molar-refractivity contribution in [2.75, 3.05) is 20.3 Å². The number of hydrogen-bond acceptors (Lipinski definition) is 3. The Morgan fingerprint density at radius 1 is 1.32 bits per heavy atom. The summed E-state index contributed by atoms with van der Waals surface area (Å²) < 4.78 is 44.5. The normalized spacial score (nSPS) is 17.4. The zero-order valence-electron chi connectivity index (χ0n) is 10.9. The Labute approximate surface area is 113 Å². The first-order valence-corrected chi connectivity index (χ1v) is 7.70. The second kappa shape index (κ2) is 5.56. The Kier molecular flexibility index (Phi) is 4.23. The molecule has 6 heteroatoms. The number of sulfonamides is 1. The van der Waals surface area contributed by atoms with Gasteiger partial charge in [0.25, 0.3) is 0 Å². The predicted octanol–water partition coefficient (Wildman–Crippen LogP) is 1.92. The van der Waals surface area contributed by atoms with E-state index in [-0.39, 0.29) is 10.3 Å². The second-order valence-corrected chi connectivity index (χ2v) is 6.79. The van der Waals surface area contributed by atoms with Gasteiger partial charge in [-0.05, 0) is 48.9 Å². The molecule has 0 radical (unpaired) electrons. The van der Waals surface area contributed by atoms with Crippen LogP contribution in [0.3, 0.4) is 0 Å². The molecule has 0 atom stereocenters. The van der Waals surface area contributed by atoms with Crippen molar-refractivity contribution in [2.24, 2.45) is 5.41 Å². The second-order valence-electron chi connectivity index (χ2n) is 5.02. The lowest BCUT2D eigenvalue weighted by Crippen LogP contribution is -2.30. The van der Waals surface area contributed by atoms with Crippen molar-refractivity contribution in [3.05, 3.63) is 30.1 Å². The number of benzene rings is 1. The van der Waals surface area contributed by atoms with Crippen molar-refractivity contribution < 1.29 is 17.5 Å². The van der Waals surface area contributed by atoms with E-state index in [9.17, 15) is 12.8 Å². The maximum Gasteiger partial charge on any atom is 0.240 e. The lowest BCUT2D eigenvalue weighted by molar-refractivity contribution is 0.173. The molecule has 1 fully saturated rings. The molecule has 1 aromatic rings. The van der Waals surface area contributed by atoms with E-state index >= 15 is 0 Å². The molecule has 1 saturated carbocycles. The number of methoxy groups -OCH3 is 1. The van der Waals surface area contributed by atoms with Gasteiger partial charge in [0.2, 0.25) is 10.0 Å². The topological polar surface area (TPSA) is 55.4 Å². The van der Waals surface area contributed by atoms with Crippen molar-refractivity contribution in [1.29, 1.82) is 0 Å². The fourth-order valence-electron chi connectivity index (χ4n) is 1.96. The number of rotatable bonds is 7. The highest BCUT2D eigenvalue weighted by Gasteiger charge is 2.42. The molecular weight excluding hydrogens is 269 g/mol. The summed E-state index contributed by atoms with van der Waals surface area (Å²) in [6.45, 7) is 1.05. The minimum Gasteiger partial charge on any atom is -0.385 e. The van der Waals surface area contributed by atoms with Crippen LogP contribution in [-0.2, 0) is 14.8 Å². The van der Waals surface area contributed by atoms with Crippen LogP contribution in [0.15, 0.2) is 29.2 Å². The smallest absolute Gasteiger partial charge is 0.240 e. The number of nitrogens with one attached hydrogen (secondary N) is 1. The van der Waals surface area contributed by atoms with Gasteiger partial charge in [0.05, 0.1) is 4.90 Å². The number of hydrogen-bond donors (Lipinski definition) is 1. The van der Waals surface area contributed by atoms with E-state index < -0.39 is 15.8 Å². The van der Waals surface area contributed by atoms with Crippen LogP contribution in [0.1, 0.15) is 19.3 Å². The highest BCUT2D eigenvalue weighted by Crippen LogP contribution is 2.48. The van der Waals surface area contributed by atoms with E-state index in [1.165, 1.54) is 12.1 Å². The van der Waals surface area contributed by atoms with E-state index in [2.05, 4.69) is 4.72 Å². The van der Waals surface area contributed by atoms with Gasteiger partial charge in [0, 0.05) is 20.3 Å². The van der Waals surface area contributed by atoms with Gasteiger partial charge in [-0.3, -0.25) is 0 Å². The van der Waals surface area contributed by atoms with Crippen LogP contribution in [0.25, 0.3) is 0 Å². The third kappa shape index (κ3) is 3.75. The summed E-state index contributed by atoms with van der Waals surface area (Å²) in [6, 6.07) is 4.83. The Morgan fingerprint density at radius 2 is 1.95 bits per heavy atom. The minimum atomic E-state index is -3.55. The Bertz CT molecular complexity index is 523. The molecule has 1 aromatic carbocycles. The molecule has 0 aromatic heterocycles. The van der Waals surface area contributed by atoms with E-state index in [0.29, 0.717) is 13.2 Å². The van der Waals surface area contributed by atoms with E-state index in [1.807, 2.05) is 0 Å². The molecule has 0 unspecified atom stereocenters. The molecule has 2 rings (SSSR count). The summed E-state index contributed by atoms with van der Waals surface area (Å²) in [5.74, 6) is -0.447. The summed E-state index contributed by atoms with van der Waals surface area (Å²) >= 11 is 0. The highest BCUT2D eigenvalue weighted by atomic mass is 32.2. The molecule has 0 aliphatic heterocycles. The van der Waals surface area contributed by atoms with Crippen molar-refractivity contribution in [3.8, 4) is 0 Å². The maximum absolute atomic E-state index is 12.8. The Morgan fingerprint density at radius 3 is 2.47 bits per heavy atom. The minimum absolute atomic E-state index is 0.0448. The number of ether oxygens (including phenoxy) is 1. The summed E-state index contributed by atoms with van der Waals surface area (Å²) in [6.07, 6.45) is 2.89. The van der Waals surface area contributed by atoms with Crippen molar-refractivity contribution in [1.82, 2.24) is 4.72 Å². The third-order valence-electron chi connectivity index (χ3n) is 3.55. The molecule has 0 amide bonds. The van der Waals surface area contributed by atoms with Crippen molar-refractivity contribution in [2.45, 2.75) is 24.2 Å². The molecule has 1 aliphatic rings. The SMILES string of the molecule is COCCC1(CNS(=O)(=O)c2ccc(F)cc2)CC1. The monoisotopic (exact) mass is 287 g/mol. The summed E-state index contributed by atoms with van der Waals surface area (Å²) in [7, 11) is -1.92. The molecule has 0 heterocycles. The van der Waals surface area contributed by atoms with Crippen LogP contribution in [0.2, 0.25) is 0 Å². The van der Waals surface area contributed by atoms with Gasteiger partial charge >= 0.3 is 0 Å². The standard InChI is InChI=1S/C13H18FNO3S/c1-18-9-8-13(6-7-13)10-15-19(16,17)12-4-2-11(14)3-5-12/h2-5,15H,6-10H2,1H3. The Balaban J connectivity index is 1.96. The zero-order valence-corrected chi connectivity index (χ0v) is 11.7. The van der Waals surface area contributed by atoms with Crippen LogP contribution < -0.4 is 4.72 Å². The van der Waals surface area contributed by atoms with E-state index in [4.69, 9.17) is 4.74 Å². The van der Waals surface area contributed by atoms with E-state index in [0.717, 1.165) is 31.4 Å². The van der Waals surface area contributed by atoms with Crippen LogP contribution in [-0.4, -0.2) is 28.7 Å². The molecule has 19 heavy (non-hydrogen) atoms. The first kappa shape index (κ1) is 14.4. The molecule has 106 valence electrons. The first-order chi connectivity index (χ1) is 8.97. The maximum atomic E-state index is 12.8. The molecule has 1 aliphatic carbocycles. The average Bonchev–Trinajstić information content (AvgIpc) is 3.16. The highest BCUT2D eigenvalue weighted by molar-refractivity contribution is 7.89. The first-order valence-electron chi connectivity index (χ1n) is 6.22. The van der Waals surface area contributed by atoms with Crippen LogP contribution >= 0.6 is 0 Å². The van der Waals surface area contributed by atoms with Gasteiger partial charge in [-0.15, -0.1) is 0 Å². The molecule has 4 nitrogen and oxygen atoms in total. The fraction of sp³-hybridized carbons (Fsp3) is 0.538.